The number of hydrogen-bond acceptors (Lipinski definition) is 8. The fourth-order valence-electron chi connectivity index (χ4n) is 6.21. The molecule has 2 aliphatic heterocycles. The van der Waals surface area contributed by atoms with Crippen molar-refractivity contribution >= 4 is 40.6 Å². The minimum atomic E-state index is -0.816. The smallest absolute Gasteiger partial charge is 0.255 e. The number of carbonyl (C=O) groups is 2. The van der Waals surface area contributed by atoms with Crippen molar-refractivity contribution < 1.29 is 9.59 Å². The summed E-state index contributed by atoms with van der Waals surface area (Å²) in [6.07, 6.45) is 1.58. The predicted molar refractivity (Wildman–Crippen MR) is 185 cm³/mol. The third-order valence-electron chi connectivity index (χ3n) is 8.78. The maximum Gasteiger partial charge on any atom is 0.255 e. The largest absolute Gasteiger partial charge is 0.369 e. The number of nitrogens with one attached hydrogen (secondary N) is 2. The number of nitrogens with zero attached hydrogens (tertiary/aromatic N) is 5. The molecule has 0 bridgehead atoms. The Labute approximate surface area is 273 Å². The summed E-state index contributed by atoms with van der Waals surface area (Å²) in [7, 11) is 2.16. The van der Waals surface area contributed by atoms with Gasteiger partial charge in [-0.1, -0.05) is 48.5 Å². The van der Waals surface area contributed by atoms with E-state index in [0.717, 1.165) is 54.1 Å². The number of nitrogens with two attached hydrogens (primary N) is 1. The molecule has 10 nitrogen and oxygen atoms in total. The average Bonchev–Trinajstić information content (AvgIpc) is 3.41. The maximum atomic E-state index is 13.9. The monoisotopic (exact) mass is 624 g/mol. The van der Waals surface area contributed by atoms with Crippen molar-refractivity contribution in [2.24, 2.45) is 0 Å². The zero-order valence-corrected chi connectivity index (χ0v) is 26.1. The lowest BCUT2D eigenvalue weighted by molar-refractivity contribution is -0.120. The normalized spacial score (nSPS) is 15.3. The maximum absolute atomic E-state index is 13.9. The predicted octanol–water partition coefficient (Wildman–Crippen LogP) is 5.56. The number of aromatic nitrogens is 2. The fourth-order valence-corrected chi connectivity index (χ4v) is 6.21. The van der Waals surface area contributed by atoms with Gasteiger partial charge in [0.1, 0.15) is 11.9 Å². The quantitative estimate of drug-likeness (QED) is 0.205. The molecule has 4 aromatic carbocycles. The molecule has 0 saturated carbocycles. The van der Waals surface area contributed by atoms with Gasteiger partial charge in [0.15, 0.2) is 0 Å². The van der Waals surface area contributed by atoms with Gasteiger partial charge in [0.25, 0.3) is 11.8 Å². The summed E-state index contributed by atoms with van der Waals surface area (Å²) in [5, 5.41) is 6.19. The summed E-state index contributed by atoms with van der Waals surface area (Å²) in [6, 6.07) is 32.2. The second kappa shape index (κ2) is 12.9. The number of carbonyl (C=O) groups excluding carboxylic acids is 2. The van der Waals surface area contributed by atoms with E-state index < -0.39 is 6.04 Å². The number of fused-ring (bicyclic) bond motifs is 1. The molecule has 1 saturated heterocycles. The van der Waals surface area contributed by atoms with Crippen LogP contribution in [0.2, 0.25) is 0 Å². The van der Waals surface area contributed by atoms with Gasteiger partial charge in [-0.15, -0.1) is 0 Å². The lowest BCUT2D eigenvalue weighted by atomic mass is 10.00. The summed E-state index contributed by atoms with van der Waals surface area (Å²) in [4.78, 5) is 42.2. The molecule has 10 heteroatoms. The van der Waals surface area contributed by atoms with Gasteiger partial charge < -0.3 is 31.1 Å². The van der Waals surface area contributed by atoms with Crippen LogP contribution in [0, 0.1) is 0 Å². The first-order chi connectivity index (χ1) is 22.9. The summed E-state index contributed by atoms with van der Waals surface area (Å²) in [5.41, 5.74) is 12.7. The van der Waals surface area contributed by atoms with Gasteiger partial charge in [0.05, 0.1) is 0 Å². The fraction of sp³-hybridized carbons (Fsp3) is 0.189. The molecule has 236 valence electrons. The summed E-state index contributed by atoms with van der Waals surface area (Å²) < 4.78 is 0. The summed E-state index contributed by atoms with van der Waals surface area (Å²) in [6.45, 7) is 4.49. The van der Waals surface area contributed by atoms with Crippen LogP contribution in [0.3, 0.4) is 0 Å². The van der Waals surface area contributed by atoms with Crippen molar-refractivity contribution in [3.05, 3.63) is 126 Å². The highest BCUT2D eigenvalue weighted by atomic mass is 16.2. The van der Waals surface area contributed by atoms with Gasteiger partial charge in [-0.2, -0.15) is 4.98 Å². The molecule has 0 unspecified atom stereocenters. The van der Waals surface area contributed by atoms with Gasteiger partial charge >= 0.3 is 0 Å². The Kier molecular flexibility index (Phi) is 8.24. The van der Waals surface area contributed by atoms with Crippen molar-refractivity contribution in [3.8, 4) is 11.1 Å². The first-order valence-corrected chi connectivity index (χ1v) is 15.7. The topological polar surface area (TPSA) is 120 Å². The van der Waals surface area contributed by atoms with E-state index in [0.29, 0.717) is 23.6 Å². The number of hydrogen-bond donors (Lipinski definition) is 3. The average molecular weight is 625 g/mol. The highest BCUT2D eigenvalue weighted by Gasteiger charge is 2.37. The zero-order valence-electron chi connectivity index (χ0n) is 26.1. The second-order valence-corrected chi connectivity index (χ2v) is 11.9. The van der Waals surface area contributed by atoms with E-state index in [2.05, 4.69) is 67.8 Å². The van der Waals surface area contributed by atoms with E-state index in [1.807, 2.05) is 54.6 Å². The third-order valence-corrected chi connectivity index (χ3v) is 8.78. The third kappa shape index (κ3) is 6.49. The Morgan fingerprint density at radius 3 is 2.26 bits per heavy atom. The Morgan fingerprint density at radius 2 is 1.53 bits per heavy atom. The Hall–Kier alpha value is -5.74. The lowest BCUT2D eigenvalue weighted by Crippen LogP contribution is -2.44. The molecule has 7 rings (SSSR count). The van der Waals surface area contributed by atoms with E-state index in [4.69, 9.17) is 5.73 Å². The van der Waals surface area contributed by atoms with Crippen LogP contribution in [0.5, 0.6) is 0 Å². The number of nitrogen functional groups attached to an aromatic ring is 1. The molecule has 47 heavy (non-hydrogen) atoms. The molecule has 1 aromatic heterocycles. The van der Waals surface area contributed by atoms with Crippen molar-refractivity contribution in [1.29, 1.82) is 0 Å². The van der Waals surface area contributed by atoms with E-state index >= 15 is 0 Å². The van der Waals surface area contributed by atoms with Gasteiger partial charge in [0, 0.05) is 61.5 Å². The first-order valence-electron chi connectivity index (χ1n) is 15.7. The highest BCUT2D eigenvalue weighted by molar-refractivity contribution is 6.04. The van der Waals surface area contributed by atoms with Crippen LogP contribution in [-0.4, -0.2) is 64.8 Å². The van der Waals surface area contributed by atoms with Gasteiger partial charge in [-0.25, -0.2) is 4.98 Å². The minimum absolute atomic E-state index is 0.162. The molecule has 5 aromatic rings. The van der Waals surface area contributed by atoms with E-state index in [-0.39, 0.29) is 17.8 Å². The molecule has 4 N–H and O–H groups in total. The number of piperazine rings is 1. The molecule has 1 atom stereocenters. The number of likely N-dealkylation sites (N-methyl/N-ethyl adjacent to an activating group) is 1. The van der Waals surface area contributed by atoms with Crippen LogP contribution in [0.25, 0.3) is 11.1 Å². The van der Waals surface area contributed by atoms with Gasteiger partial charge in [0.2, 0.25) is 5.95 Å². The Balaban J connectivity index is 1.08. The number of amides is 2. The second-order valence-electron chi connectivity index (χ2n) is 11.9. The van der Waals surface area contributed by atoms with Crippen LogP contribution < -0.4 is 21.3 Å². The molecule has 0 aliphatic carbocycles. The van der Waals surface area contributed by atoms with Crippen LogP contribution >= 0.6 is 0 Å². The lowest BCUT2D eigenvalue weighted by Gasteiger charge is -2.34. The van der Waals surface area contributed by atoms with Crippen LogP contribution in [0.15, 0.2) is 109 Å². The number of benzene rings is 4. The van der Waals surface area contributed by atoms with E-state index in [1.54, 1.807) is 29.3 Å². The zero-order chi connectivity index (χ0) is 32.3. The van der Waals surface area contributed by atoms with E-state index in [1.165, 1.54) is 5.69 Å². The molecule has 2 aliphatic rings. The number of rotatable bonds is 8. The van der Waals surface area contributed by atoms with Crippen molar-refractivity contribution in [3.63, 3.8) is 0 Å². The molecule has 3 heterocycles. The summed E-state index contributed by atoms with van der Waals surface area (Å²) in [5.74, 6) is 0.290. The SMILES string of the molecule is CN1CCN(c2ccc(-c3ccc4c(c3)CN([C@H](C(=O)Nc3ccc(Nc5ccnc(N)n5)cc3)c3ccccc3)C4=O)cc2)CC1. The van der Waals surface area contributed by atoms with Crippen LogP contribution in [0.4, 0.5) is 28.8 Å². The van der Waals surface area contributed by atoms with Crippen molar-refractivity contribution in [2.45, 2.75) is 12.6 Å². The van der Waals surface area contributed by atoms with Gasteiger partial charge in [-0.3, -0.25) is 9.59 Å². The molecular formula is C37H36N8O2. The van der Waals surface area contributed by atoms with Crippen molar-refractivity contribution in [1.82, 2.24) is 19.8 Å². The Morgan fingerprint density at radius 1 is 0.830 bits per heavy atom. The van der Waals surface area contributed by atoms with Crippen LogP contribution in [-0.2, 0) is 11.3 Å². The van der Waals surface area contributed by atoms with Gasteiger partial charge in [-0.05, 0) is 83.9 Å². The number of anilines is 5. The van der Waals surface area contributed by atoms with Crippen molar-refractivity contribution in [2.75, 3.05) is 54.5 Å². The first kappa shape index (κ1) is 29.9. The standard InChI is InChI=1S/C37H36N8O2/c1-43-19-21-44(22-20-43)31-14-7-25(8-15-31)27-9-16-32-28(23-27)24-45(36(32)47)34(26-5-3-2-4-6-26)35(46)41-30-12-10-29(11-13-30)40-33-17-18-39-37(38)42-33/h2-18,23,34H,19-22,24H2,1H3,(H,41,46)(H3,38,39,40,42)/t34-/m0/s1. The molecular weight excluding hydrogens is 588 g/mol. The molecule has 2 amide bonds. The molecule has 1 fully saturated rings. The van der Waals surface area contributed by atoms with Crippen LogP contribution in [0.1, 0.15) is 27.5 Å². The minimum Gasteiger partial charge on any atom is -0.369 e. The molecule has 0 spiro atoms. The summed E-state index contributed by atoms with van der Waals surface area (Å²) >= 11 is 0. The Bertz CT molecular complexity index is 1890. The van der Waals surface area contributed by atoms with E-state index in [9.17, 15) is 9.59 Å². The highest BCUT2D eigenvalue weighted by Crippen LogP contribution is 2.35. The molecule has 0 radical (unpaired) electrons.